The molecule has 86 valence electrons. The molecule has 4 rings (SSSR count). The average molecular weight is 234 g/mol. The van der Waals surface area contributed by atoms with Crippen LogP contribution in [0.1, 0.15) is 17.3 Å². The lowest BCUT2D eigenvalue weighted by Gasteiger charge is -2.23. The van der Waals surface area contributed by atoms with Crippen molar-refractivity contribution in [3.05, 3.63) is 71.8 Å². The van der Waals surface area contributed by atoms with Crippen LogP contribution >= 0.6 is 0 Å². The molecule has 3 aromatic rings. The highest BCUT2D eigenvalue weighted by atomic mass is 19.1. The van der Waals surface area contributed by atoms with Gasteiger partial charge >= 0.3 is 0 Å². The fourth-order valence-electron chi connectivity index (χ4n) is 2.94. The second-order valence-electron chi connectivity index (χ2n) is 4.70. The third-order valence-electron chi connectivity index (χ3n) is 3.73. The van der Waals surface area contributed by atoms with Crippen molar-refractivity contribution in [3.8, 4) is 11.1 Å². The molecule has 1 aliphatic carbocycles. The lowest BCUT2D eigenvalue weighted by molar-refractivity contribution is 0.404. The molecule has 0 amide bonds. The first-order valence-electron chi connectivity index (χ1n) is 6.11. The van der Waals surface area contributed by atoms with Crippen LogP contribution in [0, 0.1) is 0 Å². The first kappa shape index (κ1) is 9.84. The number of hydrogen-bond donors (Lipinski definition) is 0. The SMILES string of the molecule is FC1c2ccccc2-c2cccc3cccc1c23. The maximum absolute atomic E-state index is 14.6. The summed E-state index contributed by atoms with van der Waals surface area (Å²) in [5, 5.41) is 2.17. The number of fused-ring (bicyclic) bond motifs is 2. The van der Waals surface area contributed by atoms with Crippen molar-refractivity contribution in [1.82, 2.24) is 0 Å². The van der Waals surface area contributed by atoms with Crippen LogP contribution in [0.3, 0.4) is 0 Å². The van der Waals surface area contributed by atoms with Gasteiger partial charge in [0.1, 0.15) is 0 Å². The van der Waals surface area contributed by atoms with Crippen molar-refractivity contribution in [2.45, 2.75) is 6.17 Å². The van der Waals surface area contributed by atoms with Crippen molar-refractivity contribution < 1.29 is 4.39 Å². The molecule has 1 heteroatoms. The molecule has 1 atom stereocenters. The molecule has 0 saturated carbocycles. The zero-order valence-electron chi connectivity index (χ0n) is 9.73. The summed E-state index contributed by atoms with van der Waals surface area (Å²) in [6.07, 6.45) is -1.01. The number of hydrogen-bond acceptors (Lipinski definition) is 0. The van der Waals surface area contributed by atoms with Gasteiger partial charge in [0.05, 0.1) is 0 Å². The topological polar surface area (TPSA) is 0 Å². The minimum Gasteiger partial charge on any atom is -0.237 e. The second kappa shape index (κ2) is 3.42. The molecule has 0 fully saturated rings. The maximum atomic E-state index is 14.6. The fraction of sp³-hybridized carbons (Fsp3) is 0.0588. The van der Waals surface area contributed by atoms with Gasteiger partial charge < -0.3 is 0 Å². The molecular weight excluding hydrogens is 223 g/mol. The first-order chi connectivity index (χ1) is 8.86. The molecule has 1 aliphatic rings. The molecule has 0 bridgehead atoms. The van der Waals surface area contributed by atoms with E-state index in [-0.39, 0.29) is 0 Å². The van der Waals surface area contributed by atoms with Gasteiger partial charge in [-0.15, -0.1) is 0 Å². The van der Waals surface area contributed by atoms with E-state index in [1.165, 1.54) is 0 Å². The summed E-state index contributed by atoms with van der Waals surface area (Å²) >= 11 is 0. The van der Waals surface area contributed by atoms with Gasteiger partial charge in [-0.25, -0.2) is 4.39 Å². The fourth-order valence-corrected chi connectivity index (χ4v) is 2.94. The summed E-state index contributed by atoms with van der Waals surface area (Å²) in [5.41, 5.74) is 3.74. The van der Waals surface area contributed by atoms with Crippen molar-refractivity contribution in [1.29, 1.82) is 0 Å². The van der Waals surface area contributed by atoms with Gasteiger partial charge in [-0.1, -0.05) is 60.7 Å². The molecule has 0 spiro atoms. The number of alkyl halides is 1. The van der Waals surface area contributed by atoms with Crippen LogP contribution in [0.25, 0.3) is 21.9 Å². The van der Waals surface area contributed by atoms with Gasteiger partial charge in [-0.05, 0) is 33.0 Å². The normalized spacial score (nSPS) is 16.6. The summed E-state index contributed by atoms with van der Waals surface area (Å²) < 4.78 is 14.6. The van der Waals surface area contributed by atoms with Crippen LogP contribution in [0.5, 0.6) is 0 Å². The molecule has 0 heterocycles. The van der Waals surface area contributed by atoms with Crippen LogP contribution in [0.4, 0.5) is 4.39 Å². The van der Waals surface area contributed by atoms with E-state index in [2.05, 4.69) is 6.07 Å². The average Bonchev–Trinajstić information content (AvgIpc) is 2.44. The number of benzene rings is 3. The minimum atomic E-state index is -1.01. The maximum Gasteiger partial charge on any atom is 0.151 e. The van der Waals surface area contributed by atoms with E-state index in [1.54, 1.807) is 0 Å². The molecule has 0 saturated heterocycles. The Balaban J connectivity index is 2.24. The van der Waals surface area contributed by atoms with Crippen LogP contribution < -0.4 is 0 Å². The Morgan fingerprint density at radius 3 is 2.22 bits per heavy atom. The number of rotatable bonds is 0. The van der Waals surface area contributed by atoms with Gasteiger partial charge in [0, 0.05) is 0 Å². The molecule has 3 aromatic carbocycles. The largest absolute Gasteiger partial charge is 0.237 e. The minimum absolute atomic E-state index is 0.781. The summed E-state index contributed by atoms with van der Waals surface area (Å²) in [4.78, 5) is 0. The Morgan fingerprint density at radius 1 is 0.667 bits per heavy atom. The highest BCUT2D eigenvalue weighted by molar-refractivity contribution is 6.02. The zero-order valence-corrected chi connectivity index (χ0v) is 9.73. The summed E-state index contributed by atoms with van der Waals surface area (Å²) in [6.45, 7) is 0. The number of halogens is 1. The summed E-state index contributed by atoms with van der Waals surface area (Å²) in [6, 6.07) is 19.8. The van der Waals surface area contributed by atoms with E-state index in [0.717, 1.165) is 33.0 Å². The van der Waals surface area contributed by atoms with Crippen LogP contribution in [-0.2, 0) is 0 Å². The Kier molecular flexibility index (Phi) is 1.87. The Bertz CT molecular complexity index is 753. The molecule has 0 aromatic heterocycles. The molecule has 0 nitrogen and oxygen atoms in total. The van der Waals surface area contributed by atoms with Crippen molar-refractivity contribution in [2.24, 2.45) is 0 Å². The van der Waals surface area contributed by atoms with Crippen LogP contribution in [0.2, 0.25) is 0 Å². The highest BCUT2D eigenvalue weighted by Gasteiger charge is 2.25. The van der Waals surface area contributed by atoms with E-state index in [1.807, 2.05) is 54.6 Å². The van der Waals surface area contributed by atoms with Crippen LogP contribution in [-0.4, -0.2) is 0 Å². The van der Waals surface area contributed by atoms with Gasteiger partial charge in [-0.2, -0.15) is 0 Å². The first-order valence-corrected chi connectivity index (χ1v) is 6.11. The summed E-state index contributed by atoms with van der Waals surface area (Å²) in [7, 11) is 0. The standard InChI is InChI=1S/C17H11F/c18-17-14-8-2-1-7-12(14)13-9-3-5-11-6-4-10-15(17)16(11)13/h1-10,17H. The Hall–Kier alpha value is -2.15. The third kappa shape index (κ3) is 1.14. The van der Waals surface area contributed by atoms with Crippen LogP contribution in [0.15, 0.2) is 60.7 Å². The lowest BCUT2D eigenvalue weighted by Crippen LogP contribution is -2.04. The summed E-state index contributed by atoms with van der Waals surface area (Å²) in [5.74, 6) is 0. The van der Waals surface area contributed by atoms with E-state index in [9.17, 15) is 4.39 Å². The molecule has 0 radical (unpaired) electrons. The predicted octanol–water partition coefficient (Wildman–Crippen LogP) is 4.88. The zero-order chi connectivity index (χ0) is 12.1. The van der Waals surface area contributed by atoms with E-state index >= 15 is 0 Å². The van der Waals surface area contributed by atoms with E-state index in [4.69, 9.17) is 0 Å². The smallest absolute Gasteiger partial charge is 0.151 e. The Labute approximate surface area is 105 Å². The molecule has 0 aliphatic heterocycles. The second-order valence-corrected chi connectivity index (χ2v) is 4.70. The lowest BCUT2D eigenvalue weighted by atomic mass is 9.83. The third-order valence-corrected chi connectivity index (χ3v) is 3.73. The van der Waals surface area contributed by atoms with Gasteiger partial charge in [-0.3, -0.25) is 0 Å². The molecule has 0 N–H and O–H groups in total. The van der Waals surface area contributed by atoms with Gasteiger partial charge in [0.25, 0.3) is 0 Å². The van der Waals surface area contributed by atoms with Crippen molar-refractivity contribution in [2.75, 3.05) is 0 Å². The quantitative estimate of drug-likeness (QED) is 0.520. The van der Waals surface area contributed by atoms with Crippen molar-refractivity contribution in [3.63, 3.8) is 0 Å². The monoisotopic (exact) mass is 234 g/mol. The van der Waals surface area contributed by atoms with Gasteiger partial charge in [0.15, 0.2) is 6.17 Å². The van der Waals surface area contributed by atoms with E-state index < -0.39 is 6.17 Å². The van der Waals surface area contributed by atoms with E-state index in [0.29, 0.717) is 0 Å². The van der Waals surface area contributed by atoms with Crippen molar-refractivity contribution >= 4 is 10.8 Å². The highest BCUT2D eigenvalue weighted by Crippen LogP contribution is 2.45. The molecule has 18 heavy (non-hydrogen) atoms. The van der Waals surface area contributed by atoms with Gasteiger partial charge in [0.2, 0.25) is 0 Å². The Morgan fingerprint density at radius 2 is 1.33 bits per heavy atom. The predicted molar refractivity (Wildman–Crippen MR) is 72.3 cm³/mol. The molecular formula is C17H11F. The molecule has 1 unspecified atom stereocenters.